The summed E-state index contributed by atoms with van der Waals surface area (Å²) in [5.74, 6) is 0.322. The van der Waals surface area contributed by atoms with E-state index in [1.165, 1.54) is 0 Å². The molecule has 0 aliphatic heterocycles. The van der Waals surface area contributed by atoms with Crippen molar-refractivity contribution in [2.24, 2.45) is 0 Å². The van der Waals surface area contributed by atoms with E-state index in [1.807, 2.05) is 6.07 Å². The summed E-state index contributed by atoms with van der Waals surface area (Å²) in [6.07, 6.45) is 5.63. The van der Waals surface area contributed by atoms with Gasteiger partial charge in [-0.25, -0.2) is 4.57 Å². The molecule has 6 heteroatoms. The fraction of sp³-hybridized carbons (Fsp3) is 0.667. The van der Waals surface area contributed by atoms with Crippen molar-refractivity contribution < 1.29 is 23.2 Å². The zero-order chi connectivity index (χ0) is 18.1. The molecule has 0 bridgehead atoms. The maximum atomic E-state index is 12.2. The van der Waals surface area contributed by atoms with Gasteiger partial charge in [-0.1, -0.05) is 58.2 Å². The van der Waals surface area contributed by atoms with E-state index in [2.05, 4.69) is 20.8 Å². The summed E-state index contributed by atoms with van der Waals surface area (Å²) in [5, 5.41) is 8.63. The van der Waals surface area contributed by atoms with E-state index < -0.39 is 7.82 Å². The Morgan fingerprint density at radius 2 is 1.17 bits per heavy atom. The van der Waals surface area contributed by atoms with E-state index in [1.54, 1.807) is 24.3 Å². The summed E-state index contributed by atoms with van der Waals surface area (Å²) in [4.78, 5) is 0. The first-order valence-electron chi connectivity index (χ1n) is 8.85. The number of phenolic OH excluding ortho intramolecular Hbond substituents is 1. The summed E-state index contributed by atoms with van der Waals surface area (Å²) < 4.78 is 28.0. The van der Waals surface area contributed by atoms with Gasteiger partial charge in [0.2, 0.25) is 0 Å². The van der Waals surface area contributed by atoms with Crippen LogP contribution in [0.25, 0.3) is 0 Å². The van der Waals surface area contributed by atoms with Crippen molar-refractivity contribution in [3.8, 4) is 5.75 Å². The molecule has 140 valence electrons. The second kappa shape index (κ2) is 15.6. The molecule has 0 aliphatic rings. The number of benzene rings is 1. The highest BCUT2D eigenvalue weighted by Gasteiger charge is 2.25. The second-order valence-electron chi connectivity index (χ2n) is 5.34. The van der Waals surface area contributed by atoms with E-state index in [9.17, 15) is 4.57 Å². The molecule has 1 N–H and O–H groups in total. The number of hydrogen-bond donors (Lipinski definition) is 1. The standard InChI is InChI=1S/C12H27O4P.C6H6O/c1-4-7-10-14-17(13,15-11-8-5-2)16-12-9-6-3;7-6-4-2-1-3-5-6/h4-12H2,1-3H3;1-5,7H. The summed E-state index contributed by atoms with van der Waals surface area (Å²) in [6.45, 7) is 7.49. The molecule has 0 unspecified atom stereocenters. The van der Waals surface area contributed by atoms with Gasteiger partial charge in [0.25, 0.3) is 0 Å². The lowest BCUT2D eigenvalue weighted by molar-refractivity contribution is 0.110. The number of rotatable bonds is 12. The molecule has 5 nitrogen and oxygen atoms in total. The third-order valence-electron chi connectivity index (χ3n) is 3.00. The van der Waals surface area contributed by atoms with Crippen molar-refractivity contribution in [3.63, 3.8) is 0 Å². The van der Waals surface area contributed by atoms with Gasteiger partial charge < -0.3 is 5.11 Å². The molecule has 0 aliphatic carbocycles. The predicted octanol–water partition coefficient (Wildman–Crippen LogP) is 5.94. The molecule has 0 fully saturated rings. The summed E-state index contributed by atoms with van der Waals surface area (Å²) in [6, 6.07) is 8.71. The van der Waals surface area contributed by atoms with Gasteiger partial charge in [-0.3, -0.25) is 13.6 Å². The van der Waals surface area contributed by atoms with Gasteiger partial charge in [0, 0.05) is 0 Å². The van der Waals surface area contributed by atoms with Gasteiger partial charge in [-0.2, -0.15) is 0 Å². The first-order chi connectivity index (χ1) is 11.6. The van der Waals surface area contributed by atoms with E-state index in [0.29, 0.717) is 25.6 Å². The van der Waals surface area contributed by atoms with Crippen molar-refractivity contribution >= 4 is 7.82 Å². The molecular weight excluding hydrogens is 327 g/mol. The normalized spacial score (nSPS) is 11.0. The number of aromatic hydroxyl groups is 1. The van der Waals surface area contributed by atoms with Crippen molar-refractivity contribution in [1.82, 2.24) is 0 Å². The fourth-order valence-corrected chi connectivity index (χ4v) is 2.78. The third kappa shape index (κ3) is 13.6. The van der Waals surface area contributed by atoms with Crippen LogP contribution >= 0.6 is 7.82 Å². The maximum absolute atomic E-state index is 12.2. The Hall–Kier alpha value is -0.870. The summed E-state index contributed by atoms with van der Waals surface area (Å²) >= 11 is 0. The lowest BCUT2D eigenvalue weighted by atomic mass is 10.3. The van der Waals surface area contributed by atoms with Crippen molar-refractivity contribution in [3.05, 3.63) is 30.3 Å². The number of phenols is 1. The number of phosphoric acid groups is 1. The molecule has 1 rings (SSSR count). The second-order valence-corrected chi connectivity index (χ2v) is 7.01. The zero-order valence-corrected chi connectivity index (χ0v) is 16.2. The van der Waals surface area contributed by atoms with Crippen LogP contribution in [0.5, 0.6) is 5.75 Å². The number of para-hydroxylation sites is 1. The molecular formula is C18H33O5P. The van der Waals surface area contributed by atoms with E-state index in [4.69, 9.17) is 18.7 Å². The quantitative estimate of drug-likeness (QED) is 0.369. The summed E-state index contributed by atoms with van der Waals surface area (Å²) in [5.41, 5.74) is 0. The summed E-state index contributed by atoms with van der Waals surface area (Å²) in [7, 11) is -3.31. The van der Waals surface area contributed by atoms with Crippen molar-refractivity contribution in [2.75, 3.05) is 19.8 Å². The lowest BCUT2D eigenvalue weighted by Gasteiger charge is -2.17. The fourth-order valence-electron chi connectivity index (χ4n) is 1.50. The molecule has 0 aromatic heterocycles. The van der Waals surface area contributed by atoms with Gasteiger partial charge in [-0.15, -0.1) is 0 Å². The maximum Gasteiger partial charge on any atom is 0.474 e. The van der Waals surface area contributed by atoms with Crippen molar-refractivity contribution in [1.29, 1.82) is 0 Å². The minimum atomic E-state index is -3.31. The smallest absolute Gasteiger partial charge is 0.474 e. The largest absolute Gasteiger partial charge is 0.508 e. The minimum Gasteiger partial charge on any atom is -0.508 e. The third-order valence-corrected chi connectivity index (χ3v) is 4.49. The van der Waals surface area contributed by atoms with Crippen LogP contribution in [0.1, 0.15) is 59.3 Å². The molecule has 0 radical (unpaired) electrons. The zero-order valence-electron chi connectivity index (χ0n) is 15.3. The first kappa shape index (κ1) is 23.1. The Bertz CT molecular complexity index is 391. The monoisotopic (exact) mass is 360 g/mol. The van der Waals surface area contributed by atoms with Crippen LogP contribution in [-0.2, 0) is 18.1 Å². The van der Waals surface area contributed by atoms with Crippen LogP contribution in [0.2, 0.25) is 0 Å². The number of hydrogen-bond acceptors (Lipinski definition) is 5. The molecule has 24 heavy (non-hydrogen) atoms. The SMILES string of the molecule is CCCCOP(=O)(OCCCC)OCCCC.Oc1ccccc1. The van der Waals surface area contributed by atoms with E-state index in [-0.39, 0.29) is 0 Å². The van der Waals surface area contributed by atoms with E-state index in [0.717, 1.165) is 38.5 Å². The van der Waals surface area contributed by atoms with Crippen LogP contribution < -0.4 is 0 Å². The Morgan fingerprint density at radius 3 is 1.42 bits per heavy atom. The Morgan fingerprint density at radius 1 is 0.792 bits per heavy atom. The molecule has 1 aromatic rings. The highest BCUT2D eigenvalue weighted by atomic mass is 31.2. The molecule has 1 aromatic carbocycles. The molecule has 0 heterocycles. The first-order valence-corrected chi connectivity index (χ1v) is 10.3. The average Bonchev–Trinajstić information content (AvgIpc) is 2.57. The Kier molecular flexibility index (Phi) is 15.1. The van der Waals surface area contributed by atoms with Gasteiger partial charge in [0.1, 0.15) is 5.75 Å². The van der Waals surface area contributed by atoms with Crippen LogP contribution in [0.3, 0.4) is 0 Å². The van der Waals surface area contributed by atoms with Gasteiger partial charge in [0.05, 0.1) is 19.8 Å². The van der Waals surface area contributed by atoms with Crippen LogP contribution in [0.4, 0.5) is 0 Å². The van der Waals surface area contributed by atoms with Gasteiger partial charge in [0.15, 0.2) is 0 Å². The van der Waals surface area contributed by atoms with Crippen LogP contribution in [-0.4, -0.2) is 24.9 Å². The van der Waals surface area contributed by atoms with Crippen molar-refractivity contribution in [2.45, 2.75) is 59.3 Å². The van der Waals surface area contributed by atoms with Crippen LogP contribution in [0.15, 0.2) is 30.3 Å². The molecule has 0 saturated carbocycles. The Labute approximate surface area is 147 Å². The highest BCUT2D eigenvalue weighted by Crippen LogP contribution is 2.49. The van der Waals surface area contributed by atoms with E-state index >= 15 is 0 Å². The predicted molar refractivity (Wildman–Crippen MR) is 98.3 cm³/mol. The minimum absolute atomic E-state index is 0.322. The topological polar surface area (TPSA) is 65.0 Å². The average molecular weight is 360 g/mol. The highest BCUT2D eigenvalue weighted by molar-refractivity contribution is 7.48. The van der Waals surface area contributed by atoms with Crippen LogP contribution in [0, 0.1) is 0 Å². The molecule has 0 atom stereocenters. The Balaban J connectivity index is 0.000000620. The lowest BCUT2D eigenvalue weighted by Crippen LogP contribution is -2.03. The number of phosphoric ester groups is 1. The molecule has 0 spiro atoms. The molecule has 0 saturated heterocycles. The molecule has 0 amide bonds. The van der Waals surface area contributed by atoms with Gasteiger partial charge in [-0.05, 0) is 31.4 Å². The number of unbranched alkanes of at least 4 members (excludes halogenated alkanes) is 3. The van der Waals surface area contributed by atoms with Gasteiger partial charge >= 0.3 is 7.82 Å².